The van der Waals surface area contributed by atoms with E-state index in [1.807, 2.05) is 72.8 Å². The summed E-state index contributed by atoms with van der Waals surface area (Å²) >= 11 is 1.55. The van der Waals surface area contributed by atoms with E-state index in [9.17, 15) is 0 Å². The maximum atomic E-state index is 6.28. The molecule has 5 nitrogen and oxygen atoms in total. The average Bonchev–Trinajstić information content (AvgIpc) is 2.95. The Labute approximate surface area is 173 Å². The number of nitrogens with zero attached hydrogens (tertiary/aromatic N) is 3. The van der Waals surface area contributed by atoms with Gasteiger partial charge in [-0.05, 0) is 11.6 Å². The summed E-state index contributed by atoms with van der Waals surface area (Å²) in [6.07, 6.45) is -0.359. The van der Waals surface area contributed by atoms with Crippen LogP contribution >= 0.6 is 11.8 Å². The Morgan fingerprint density at radius 2 is 1.55 bits per heavy atom. The molecule has 0 amide bonds. The molecule has 1 N–H and O–H groups in total. The van der Waals surface area contributed by atoms with Crippen LogP contribution in [0.4, 0.5) is 5.69 Å². The molecular weight excluding hydrogens is 380 g/mol. The van der Waals surface area contributed by atoms with Gasteiger partial charge in [0.15, 0.2) is 11.9 Å². The van der Waals surface area contributed by atoms with E-state index in [1.54, 1.807) is 11.8 Å². The van der Waals surface area contributed by atoms with Crippen LogP contribution in [0.3, 0.4) is 0 Å². The van der Waals surface area contributed by atoms with E-state index >= 15 is 0 Å². The molecular formula is C23H18N4OS. The fourth-order valence-corrected chi connectivity index (χ4v) is 3.94. The smallest absolute Gasteiger partial charge is 0.247 e. The second-order valence-electron chi connectivity index (χ2n) is 6.62. The summed E-state index contributed by atoms with van der Waals surface area (Å²) < 4.78 is 6.28. The Hall–Kier alpha value is -3.38. The van der Waals surface area contributed by atoms with Crippen molar-refractivity contribution in [2.45, 2.75) is 17.1 Å². The molecule has 3 aromatic carbocycles. The van der Waals surface area contributed by atoms with Gasteiger partial charge < -0.3 is 10.1 Å². The van der Waals surface area contributed by atoms with Gasteiger partial charge >= 0.3 is 0 Å². The van der Waals surface area contributed by atoms with Crippen molar-refractivity contribution in [1.29, 1.82) is 0 Å². The molecule has 142 valence electrons. The van der Waals surface area contributed by atoms with Crippen molar-refractivity contribution in [1.82, 2.24) is 15.2 Å². The van der Waals surface area contributed by atoms with Crippen molar-refractivity contribution in [3.8, 4) is 17.1 Å². The number of ether oxygens (including phenoxy) is 1. The fraction of sp³-hybridized carbons (Fsp3) is 0.0870. The summed E-state index contributed by atoms with van der Waals surface area (Å²) in [5.74, 6) is 1.26. The molecule has 0 saturated heterocycles. The third kappa shape index (κ3) is 3.79. The summed E-state index contributed by atoms with van der Waals surface area (Å²) in [5, 5.41) is 12.9. The Morgan fingerprint density at radius 3 is 2.38 bits per heavy atom. The van der Waals surface area contributed by atoms with E-state index in [4.69, 9.17) is 9.72 Å². The second kappa shape index (κ2) is 7.93. The van der Waals surface area contributed by atoms with Crippen LogP contribution < -0.4 is 10.1 Å². The van der Waals surface area contributed by atoms with Crippen molar-refractivity contribution in [3.63, 3.8) is 0 Å². The molecule has 0 unspecified atom stereocenters. The molecule has 1 aliphatic heterocycles. The summed E-state index contributed by atoms with van der Waals surface area (Å²) in [5.41, 5.74) is 4.76. The van der Waals surface area contributed by atoms with Crippen molar-refractivity contribution < 1.29 is 4.74 Å². The predicted molar refractivity (Wildman–Crippen MR) is 115 cm³/mol. The Morgan fingerprint density at radius 1 is 0.828 bits per heavy atom. The molecule has 0 fully saturated rings. The van der Waals surface area contributed by atoms with Crippen molar-refractivity contribution in [2.75, 3.05) is 5.32 Å². The zero-order valence-electron chi connectivity index (χ0n) is 15.5. The molecule has 4 aromatic rings. The molecule has 1 aromatic heterocycles. The van der Waals surface area contributed by atoms with Gasteiger partial charge in [0.2, 0.25) is 11.0 Å². The number of hydrogen-bond acceptors (Lipinski definition) is 6. The zero-order valence-corrected chi connectivity index (χ0v) is 16.3. The lowest BCUT2D eigenvalue weighted by Crippen LogP contribution is -2.17. The highest BCUT2D eigenvalue weighted by Crippen LogP contribution is 2.39. The summed E-state index contributed by atoms with van der Waals surface area (Å²) in [7, 11) is 0. The molecule has 29 heavy (non-hydrogen) atoms. The molecule has 0 aliphatic carbocycles. The highest BCUT2D eigenvalue weighted by Gasteiger charge is 2.25. The fourth-order valence-electron chi connectivity index (χ4n) is 3.21. The van der Waals surface area contributed by atoms with Crippen LogP contribution in [0.25, 0.3) is 11.3 Å². The molecule has 0 spiro atoms. The summed E-state index contributed by atoms with van der Waals surface area (Å²) in [4.78, 5) is 4.69. The molecule has 6 heteroatoms. The standard InChI is InChI=1S/C23H18N4OS/c1-3-9-16(10-4-1)15-29-23-25-22-20(26-27-23)18-13-7-8-14-19(18)24-21(28-22)17-11-5-2-6-12-17/h1-14,21,24H,15H2/t21-/m1/s1. The number of benzene rings is 3. The average molecular weight is 398 g/mol. The zero-order chi connectivity index (χ0) is 19.5. The number of para-hydroxylation sites is 1. The van der Waals surface area contributed by atoms with Crippen LogP contribution in [0.1, 0.15) is 17.4 Å². The molecule has 1 aliphatic rings. The largest absolute Gasteiger partial charge is 0.448 e. The number of rotatable bonds is 4. The lowest BCUT2D eigenvalue weighted by atomic mass is 10.1. The maximum absolute atomic E-state index is 6.28. The van der Waals surface area contributed by atoms with Crippen molar-refractivity contribution in [2.24, 2.45) is 0 Å². The molecule has 0 bridgehead atoms. The number of aromatic nitrogens is 3. The normalized spacial score (nSPS) is 14.7. The first-order valence-electron chi connectivity index (χ1n) is 9.36. The minimum absolute atomic E-state index is 0.359. The van der Waals surface area contributed by atoms with E-state index in [2.05, 4.69) is 27.6 Å². The van der Waals surface area contributed by atoms with Gasteiger partial charge in [-0.25, -0.2) is 0 Å². The van der Waals surface area contributed by atoms with Gasteiger partial charge in [-0.15, -0.1) is 10.2 Å². The molecule has 1 atom stereocenters. The predicted octanol–water partition coefficient (Wildman–Crippen LogP) is 5.33. The Kier molecular flexibility index (Phi) is 4.84. The highest BCUT2D eigenvalue weighted by atomic mass is 32.2. The highest BCUT2D eigenvalue weighted by molar-refractivity contribution is 7.98. The van der Waals surface area contributed by atoms with E-state index in [-0.39, 0.29) is 6.23 Å². The van der Waals surface area contributed by atoms with Crippen molar-refractivity contribution >= 4 is 17.4 Å². The topological polar surface area (TPSA) is 59.9 Å². The number of fused-ring (bicyclic) bond motifs is 3. The SMILES string of the molecule is c1ccc(CSc2nnc3c(n2)O[C@H](c2ccccc2)Nc2ccccc2-3)cc1. The van der Waals surface area contributed by atoms with Crippen LogP contribution in [0.15, 0.2) is 90.1 Å². The van der Waals surface area contributed by atoms with E-state index in [0.29, 0.717) is 16.7 Å². The first-order valence-corrected chi connectivity index (χ1v) is 10.3. The molecule has 0 saturated carbocycles. The maximum Gasteiger partial charge on any atom is 0.247 e. The Bertz CT molecular complexity index is 1120. The Balaban J connectivity index is 1.50. The third-order valence-electron chi connectivity index (χ3n) is 4.65. The van der Waals surface area contributed by atoms with Crippen LogP contribution in [-0.2, 0) is 5.75 Å². The number of anilines is 1. The molecule has 5 rings (SSSR count). The number of hydrogen-bond donors (Lipinski definition) is 1. The van der Waals surface area contributed by atoms with Gasteiger partial charge in [-0.1, -0.05) is 90.6 Å². The van der Waals surface area contributed by atoms with Crippen LogP contribution in [-0.4, -0.2) is 15.2 Å². The van der Waals surface area contributed by atoms with Gasteiger partial charge in [-0.2, -0.15) is 4.98 Å². The minimum Gasteiger partial charge on any atom is -0.448 e. The van der Waals surface area contributed by atoms with E-state index in [1.165, 1.54) is 5.56 Å². The second-order valence-corrected chi connectivity index (χ2v) is 7.56. The van der Waals surface area contributed by atoms with E-state index in [0.717, 1.165) is 22.6 Å². The van der Waals surface area contributed by atoms with Crippen LogP contribution in [0.5, 0.6) is 5.88 Å². The van der Waals surface area contributed by atoms with Crippen molar-refractivity contribution in [3.05, 3.63) is 96.1 Å². The lowest BCUT2D eigenvalue weighted by molar-refractivity contribution is 0.225. The first-order chi connectivity index (χ1) is 14.4. The third-order valence-corrected chi connectivity index (χ3v) is 5.56. The van der Waals surface area contributed by atoms with E-state index < -0.39 is 0 Å². The minimum atomic E-state index is -0.359. The van der Waals surface area contributed by atoms with Gasteiger partial charge in [-0.3, -0.25) is 0 Å². The molecule has 2 heterocycles. The van der Waals surface area contributed by atoms with Crippen LogP contribution in [0, 0.1) is 0 Å². The number of nitrogens with one attached hydrogen (secondary N) is 1. The first kappa shape index (κ1) is 17.7. The van der Waals surface area contributed by atoms with Crippen LogP contribution in [0.2, 0.25) is 0 Å². The monoisotopic (exact) mass is 398 g/mol. The van der Waals surface area contributed by atoms with Gasteiger partial charge in [0.1, 0.15) is 0 Å². The summed E-state index contributed by atoms with van der Waals surface area (Å²) in [6, 6.07) is 28.3. The van der Waals surface area contributed by atoms with Gasteiger partial charge in [0.05, 0.1) is 0 Å². The summed E-state index contributed by atoms with van der Waals surface area (Å²) in [6.45, 7) is 0. The quantitative estimate of drug-likeness (QED) is 0.469. The lowest BCUT2D eigenvalue weighted by Gasteiger charge is -2.19. The van der Waals surface area contributed by atoms with Gasteiger partial charge in [0, 0.05) is 22.6 Å². The molecule has 0 radical (unpaired) electrons. The number of thioether (sulfide) groups is 1. The van der Waals surface area contributed by atoms with Gasteiger partial charge in [0.25, 0.3) is 0 Å².